The van der Waals surface area contributed by atoms with Crippen molar-refractivity contribution in [3.05, 3.63) is 52.6 Å². The topological polar surface area (TPSA) is 34.1 Å². The van der Waals surface area contributed by atoms with Gasteiger partial charge < -0.3 is 0 Å². The summed E-state index contributed by atoms with van der Waals surface area (Å²) in [5.74, 6) is -0.229. The van der Waals surface area contributed by atoms with Crippen molar-refractivity contribution < 1.29 is 9.59 Å². The van der Waals surface area contributed by atoms with E-state index in [0.29, 0.717) is 11.5 Å². The average Bonchev–Trinajstić information content (AvgIpc) is 2.59. The molecule has 0 saturated carbocycles. The number of allylic oxidation sites excluding steroid dienone is 2. The van der Waals surface area contributed by atoms with Gasteiger partial charge in [0.25, 0.3) is 0 Å². The van der Waals surface area contributed by atoms with E-state index in [9.17, 15) is 9.59 Å². The molecule has 0 bridgehead atoms. The second-order valence-corrected chi connectivity index (χ2v) is 9.85. The minimum atomic E-state index is -0.331. The Labute approximate surface area is 161 Å². The third-order valence-corrected chi connectivity index (χ3v) is 6.88. The lowest BCUT2D eigenvalue weighted by molar-refractivity contribution is -0.113. The third kappa shape index (κ3) is 2.53. The first-order chi connectivity index (χ1) is 12.5. The summed E-state index contributed by atoms with van der Waals surface area (Å²) in [6.45, 7) is 12.9. The zero-order chi connectivity index (χ0) is 19.7. The minimum absolute atomic E-state index is 0.00860. The Morgan fingerprint density at radius 1 is 1.00 bits per heavy atom. The fraction of sp³-hybridized carbons (Fsp3) is 0.440. The number of hydrogen-bond donors (Lipinski definition) is 0. The van der Waals surface area contributed by atoms with Crippen LogP contribution in [0.1, 0.15) is 75.9 Å². The normalized spacial score (nSPS) is 22.1. The van der Waals surface area contributed by atoms with Gasteiger partial charge in [-0.1, -0.05) is 65.8 Å². The summed E-state index contributed by atoms with van der Waals surface area (Å²) in [6, 6.07) is 10.5. The molecule has 140 valence electrons. The molecule has 27 heavy (non-hydrogen) atoms. The quantitative estimate of drug-likeness (QED) is 0.531. The second-order valence-electron chi connectivity index (χ2n) is 9.85. The number of benzene rings is 2. The average molecular weight is 360 g/mol. The highest BCUT2D eigenvalue weighted by molar-refractivity contribution is 6.54. The molecule has 0 N–H and O–H groups in total. The first-order valence-corrected chi connectivity index (χ1v) is 9.93. The highest BCUT2D eigenvalue weighted by atomic mass is 16.2. The van der Waals surface area contributed by atoms with Crippen LogP contribution in [0.5, 0.6) is 0 Å². The van der Waals surface area contributed by atoms with E-state index in [1.165, 1.54) is 5.56 Å². The van der Waals surface area contributed by atoms with E-state index < -0.39 is 0 Å². The summed E-state index contributed by atoms with van der Waals surface area (Å²) >= 11 is 0. The maximum absolute atomic E-state index is 13.3. The lowest BCUT2D eigenvalue weighted by Crippen LogP contribution is -2.38. The van der Waals surface area contributed by atoms with Crippen molar-refractivity contribution >= 4 is 27.9 Å². The summed E-state index contributed by atoms with van der Waals surface area (Å²) in [4.78, 5) is 26.5. The molecule has 2 heteroatoms. The van der Waals surface area contributed by atoms with Crippen LogP contribution in [0.25, 0.3) is 16.3 Å². The van der Waals surface area contributed by atoms with Crippen LogP contribution in [0.15, 0.2) is 35.9 Å². The summed E-state index contributed by atoms with van der Waals surface area (Å²) in [7, 11) is 0. The van der Waals surface area contributed by atoms with Gasteiger partial charge in [0.05, 0.1) is 0 Å². The van der Waals surface area contributed by atoms with Gasteiger partial charge in [0, 0.05) is 11.1 Å². The van der Waals surface area contributed by atoms with E-state index >= 15 is 0 Å². The molecule has 1 atom stereocenters. The summed E-state index contributed by atoms with van der Waals surface area (Å²) in [5.41, 5.74) is 4.36. The highest BCUT2D eigenvalue weighted by Gasteiger charge is 2.45. The molecule has 0 saturated heterocycles. The van der Waals surface area contributed by atoms with Crippen molar-refractivity contribution in [1.29, 1.82) is 0 Å². The van der Waals surface area contributed by atoms with E-state index in [1.54, 1.807) is 0 Å². The van der Waals surface area contributed by atoms with Gasteiger partial charge in [-0.15, -0.1) is 0 Å². The van der Waals surface area contributed by atoms with Crippen molar-refractivity contribution in [2.45, 2.75) is 59.8 Å². The van der Waals surface area contributed by atoms with E-state index in [0.717, 1.165) is 40.3 Å². The number of fused-ring (bicyclic) bond motifs is 4. The predicted molar refractivity (Wildman–Crippen MR) is 111 cm³/mol. The third-order valence-electron chi connectivity index (χ3n) is 6.88. The largest absolute Gasteiger partial charge is 0.285 e. The van der Waals surface area contributed by atoms with Gasteiger partial charge >= 0.3 is 0 Å². The molecule has 4 rings (SSSR count). The van der Waals surface area contributed by atoms with Crippen molar-refractivity contribution in [2.75, 3.05) is 0 Å². The van der Waals surface area contributed by atoms with Crippen LogP contribution >= 0.6 is 0 Å². The van der Waals surface area contributed by atoms with Gasteiger partial charge in [0.15, 0.2) is 0 Å². The maximum atomic E-state index is 13.3. The van der Waals surface area contributed by atoms with Gasteiger partial charge in [-0.2, -0.15) is 0 Å². The number of Topliss-reactive ketones (excluding diaryl/α,β-unsaturated/α-hetero) is 2. The molecule has 0 spiro atoms. The van der Waals surface area contributed by atoms with Gasteiger partial charge in [-0.05, 0) is 63.1 Å². The number of hydrogen-bond acceptors (Lipinski definition) is 2. The Morgan fingerprint density at radius 3 is 2.33 bits per heavy atom. The van der Waals surface area contributed by atoms with Crippen molar-refractivity contribution in [1.82, 2.24) is 0 Å². The Kier molecular flexibility index (Phi) is 3.79. The smallest absolute Gasteiger partial charge is 0.234 e. The fourth-order valence-corrected chi connectivity index (χ4v) is 4.69. The van der Waals surface area contributed by atoms with Crippen LogP contribution in [0.3, 0.4) is 0 Å². The number of carbonyl (C=O) groups is 2. The van der Waals surface area contributed by atoms with Crippen LogP contribution in [-0.2, 0) is 10.2 Å². The lowest BCUT2D eigenvalue weighted by atomic mass is 9.61. The SMILES string of the molecule is CC1CCC2=C(C(=O)C(=O)c3c2ccc2ccc(C(C)(C)C)cc32)C1(C)C. The van der Waals surface area contributed by atoms with E-state index in [4.69, 9.17) is 0 Å². The van der Waals surface area contributed by atoms with Crippen LogP contribution in [0.2, 0.25) is 0 Å². The van der Waals surface area contributed by atoms with Crippen LogP contribution in [-0.4, -0.2) is 11.6 Å². The zero-order valence-electron chi connectivity index (χ0n) is 17.2. The predicted octanol–water partition coefficient (Wildman–Crippen LogP) is 6.11. The van der Waals surface area contributed by atoms with Gasteiger partial charge in [-0.25, -0.2) is 0 Å². The Hall–Kier alpha value is -2.22. The van der Waals surface area contributed by atoms with Crippen LogP contribution < -0.4 is 0 Å². The first kappa shape index (κ1) is 18.2. The highest BCUT2D eigenvalue weighted by Crippen LogP contribution is 2.51. The maximum Gasteiger partial charge on any atom is 0.234 e. The molecule has 0 radical (unpaired) electrons. The van der Waals surface area contributed by atoms with Crippen LogP contribution in [0.4, 0.5) is 0 Å². The van der Waals surface area contributed by atoms with Crippen molar-refractivity contribution in [3.8, 4) is 0 Å². The molecule has 1 unspecified atom stereocenters. The molecule has 0 aromatic heterocycles. The number of carbonyl (C=O) groups excluding carboxylic acids is 2. The monoisotopic (exact) mass is 360 g/mol. The van der Waals surface area contributed by atoms with Crippen molar-refractivity contribution in [3.63, 3.8) is 0 Å². The Bertz CT molecular complexity index is 1030. The Balaban J connectivity index is 2.06. The standard InChI is InChI=1S/C25H28O2/c1-14-7-11-18-17-12-9-15-8-10-16(24(2,3)4)13-19(15)20(17)22(26)23(27)21(18)25(14,5)6/h8-10,12-14H,7,11H2,1-6H3. The lowest BCUT2D eigenvalue weighted by Gasteiger charge is -2.41. The molecule has 2 aliphatic rings. The molecule has 2 nitrogen and oxygen atoms in total. The molecule has 2 aromatic carbocycles. The van der Waals surface area contributed by atoms with Gasteiger partial charge in [0.2, 0.25) is 11.6 Å². The zero-order valence-corrected chi connectivity index (χ0v) is 17.2. The summed E-state index contributed by atoms with van der Waals surface area (Å²) < 4.78 is 0. The van der Waals surface area contributed by atoms with E-state index in [-0.39, 0.29) is 22.4 Å². The fourth-order valence-electron chi connectivity index (χ4n) is 4.69. The molecule has 2 aliphatic carbocycles. The Morgan fingerprint density at radius 2 is 1.67 bits per heavy atom. The van der Waals surface area contributed by atoms with Gasteiger partial charge in [0.1, 0.15) is 0 Å². The molecule has 0 aliphatic heterocycles. The minimum Gasteiger partial charge on any atom is -0.285 e. The summed E-state index contributed by atoms with van der Waals surface area (Å²) in [6.07, 6.45) is 1.92. The molecule has 0 amide bonds. The number of rotatable bonds is 0. The van der Waals surface area contributed by atoms with E-state index in [2.05, 4.69) is 71.9 Å². The van der Waals surface area contributed by atoms with Crippen molar-refractivity contribution in [2.24, 2.45) is 11.3 Å². The van der Waals surface area contributed by atoms with Crippen LogP contribution in [0, 0.1) is 11.3 Å². The number of ketones is 2. The van der Waals surface area contributed by atoms with Gasteiger partial charge in [-0.3, -0.25) is 9.59 Å². The summed E-state index contributed by atoms with van der Waals surface area (Å²) in [5, 5.41) is 1.94. The molecular formula is C25H28O2. The first-order valence-electron chi connectivity index (χ1n) is 9.93. The second kappa shape index (κ2) is 5.64. The molecule has 0 heterocycles. The van der Waals surface area contributed by atoms with E-state index in [1.807, 2.05) is 0 Å². The molecular weight excluding hydrogens is 332 g/mol. The molecule has 2 aromatic rings. The molecule has 0 fully saturated rings.